The summed E-state index contributed by atoms with van der Waals surface area (Å²) in [6, 6.07) is 13.5. The van der Waals surface area contributed by atoms with E-state index in [0.29, 0.717) is 17.1 Å². The fourth-order valence-corrected chi connectivity index (χ4v) is 3.89. The fraction of sp³-hybridized carbons (Fsp3) is 0.0870. The Bertz CT molecular complexity index is 1310. The number of benzene rings is 1. The van der Waals surface area contributed by atoms with E-state index in [9.17, 15) is 14.0 Å². The van der Waals surface area contributed by atoms with E-state index in [1.54, 1.807) is 35.7 Å². The van der Waals surface area contributed by atoms with Gasteiger partial charge in [-0.25, -0.2) is 4.39 Å². The molecule has 5 nitrogen and oxygen atoms in total. The number of terminal acetylenes is 1. The lowest BCUT2D eigenvalue weighted by Crippen LogP contribution is -2.22. The van der Waals surface area contributed by atoms with Gasteiger partial charge >= 0.3 is 0 Å². The first-order valence-electron chi connectivity index (χ1n) is 9.09. The van der Waals surface area contributed by atoms with Crippen molar-refractivity contribution in [1.29, 1.82) is 0 Å². The number of nitrogens with one attached hydrogen (secondary N) is 1. The van der Waals surface area contributed by atoms with Gasteiger partial charge in [-0.3, -0.25) is 9.59 Å². The zero-order valence-electron chi connectivity index (χ0n) is 16.0. The van der Waals surface area contributed by atoms with Crippen LogP contribution in [0.25, 0.3) is 5.52 Å². The Morgan fingerprint density at radius 3 is 2.67 bits per heavy atom. The molecule has 0 fully saturated rings. The standard InChI is InChI=1S/C23H16FN3O2S/c1-3-15-6-8-16(9-7-15)12-17-13-18(21-19(24)5-4-10-27(17)21)22(28)23(29)25-20-11-14(2)26-30-20/h1,4-11,13H,12H2,2H3,(H,25,29). The Kier molecular flexibility index (Phi) is 5.17. The van der Waals surface area contributed by atoms with Crippen LogP contribution in [-0.2, 0) is 11.2 Å². The normalized spacial score (nSPS) is 10.7. The SMILES string of the molecule is C#Cc1ccc(Cc2cc(C(=O)C(=O)Nc3cc(C)ns3)c3c(F)cccn23)cc1. The number of aryl methyl sites for hydroxylation is 1. The molecule has 148 valence electrons. The second-order valence-corrected chi connectivity index (χ2v) is 7.56. The smallest absolute Gasteiger partial charge is 0.297 e. The van der Waals surface area contributed by atoms with Gasteiger partial charge in [0.05, 0.1) is 16.8 Å². The number of Topliss-reactive ketones (excluding diaryl/α,β-unsaturated/α-hetero) is 1. The number of fused-ring (bicyclic) bond motifs is 1. The minimum atomic E-state index is -0.834. The lowest BCUT2D eigenvalue weighted by Gasteiger charge is -2.04. The number of carbonyl (C=O) groups excluding carboxylic acids is 2. The summed E-state index contributed by atoms with van der Waals surface area (Å²) in [5, 5.41) is 3.00. The monoisotopic (exact) mass is 417 g/mol. The molecule has 3 heterocycles. The van der Waals surface area contributed by atoms with E-state index in [2.05, 4.69) is 15.6 Å². The summed E-state index contributed by atoms with van der Waals surface area (Å²) in [5.74, 6) is 0.346. The summed E-state index contributed by atoms with van der Waals surface area (Å²) in [4.78, 5) is 25.3. The largest absolute Gasteiger partial charge is 0.317 e. The average Bonchev–Trinajstić information content (AvgIpc) is 3.32. The van der Waals surface area contributed by atoms with Crippen molar-refractivity contribution < 1.29 is 14.0 Å². The van der Waals surface area contributed by atoms with Crippen molar-refractivity contribution >= 4 is 33.7 Å². The molecule has 0 aliphatic heterocycles. The first kappa shape index (κ1) is 19.6. The van der Waals surface area contributed by atoms with Gasteiger partial charge in [-0.15, -0.1) is 6.42 Å². The van der Waals surface area contributed by atoms with Gasteiger partial charge < -0.3 is 9.72 Å². The molecule has 0 unspecified atom stereocenters. The molecule has 3 aromatic heterocycles. The van der Waals surface area contributed by atoms with Crippen LogP contribution in [-0.4, -0.2) is 20.5 Å². The Hall–Kier alpha value is -3.76. The molecule has 0 saturated carbocycles. The summed E-state index contributed by atoms with van der Waals surface area (Å²) in [5.41, 5.74) is 3.22. The van der Waals surface area contributed by atoms with Gasteiger partial charge in [0.15, 0.2) is 0 Å². The van der Waals surface area contributed by atoms with Crippen LogP contribution in [0.5, 0.6) is 0 Å². The van der Waals surface area contributed by atoms with Crippen LogP contribution in [0, 0.1) is 25.1 Å². The summed E-state index contributed by atoms with van der Waals surface area (Å²) in [6.07, 6.45) is 7.50. The van der Waals surface area contributed by atoms with E-state index < -0.39 is 17.5 Å². The van der Waals surface area contributed by atoms with Crippen LogP contribution in [0.3, 0.4) is 0 Å². The number of anilines is 1. The van der Waals surface area contributed by atoms with Crippen molar-refractivity contribution in [2.75, 3.05) is 5.32 Å². The predicted octanol–water partition coefficient (Wildman–Crippen LogP) is 4.24. The van der Waals surface area contributed by atoms with E-state index in [1.807, 2.05) is 24.3 Å². The molecule has 0 bridgehead atoms. The fourth-order valence-electron chi connectivity index (χ4n) is 3.24. The zero-order valence-corrected chi connectivity index (χ0v) is 16.8. The summed E-state index contributed by atoms with van der Waals surface area (Å²) >= 11 is 1.08. The highest BCUT2D eigenvalue weighted by Gasteiger charge is 2.24. The van der Waals surface area contributed by atoms with Gasteiger partial charge in [0.2, 0.25) is 0 Å². The molecule has 1 aromatic carbocycles. The molecule has 7 heteroatoms. The number of carbonyl (C=O) groups is 2. The molecule has 1 N–H and O–H groups in total. The van der Waals surface area contributed by atoms with Gasteiger partial charge in [0.1, 0.15) is 10.8 Å². The maximum absolute atomic E-state index is 14.6. The number of halogens is 1. The van der Waals surface area contributed by atoms with Gasteiger partial charge in [-0.05, 0) is 60.4 Å². The molecule has 30 heavy (non-hydrogen) atoms. The van der Waals surface area contributed by atoms with Crippen molar-refractivity contribution in [2.45, 2.75) is 13.3 Å². The summed E-state index contributed by atoms with van der Waals surface area (Å²) < 4.78 is 20.3. The molecule has 4 aromatic rings. The maximum Gasteiger partial charge on any atom is 0.297 e. The van der Waals surface area contributed by atoms with Crippen molar-refractivity contribution in [1.82, 2.24) is 8.77 Å². The molecule has 0 radical (unpaired) electrons. The molecular formula is C23H16FN3O2S. The molecule has 0 atom stereocenters. The van der Waals surface area contributed by atoms with Crippen LogP contribution in [0.2, 0.25) is 0 Å². The second kappa shape index (κ2) is 7.93. The summed E-state index contributed by atoms with van der Waals surface area (Å²) in [7, 11) is 0. The highest BCUT2D eigenvalue weighted by atomic mass is 32.1. The number of hydrogen-bond donors (Lipinski definition) is 1. The van der Waals surface area contributed by atoms with Gasteiger partial charge in [-0.1, -0.05) is 18.1 Å². The molecule has 0 spiro atoms. The van der Waals surface area contributed by atoms with E-state index in [1.165, 1.54) is 6.07 Å². The molecule has 0 saturated heterocycles. The minimum absolute atomic E-state index is 0.0158. The number of ketones is 1. The van der Waals surface area contributed by atoms with Crippen LogP contribution in [0.1, 0.15) is 32.9 Å². The number of rotatable bonds is 5. The van der Waals surface area contributed by atoms with Crippen LogP contribution in [0.4, 0.5) is 9.39 Å². The highest BCUT2D eigenvalue weighted by molar-refractivity contribution is 7.10. The second-order valence-electron chi connectivity index (χ2n) is 6.76. The molecule has 0 aliphatic carbocycles. The quantitative estimate of drug-likeness (QED) is 0.300. The number of hydrogen-bond acceptors (Lipinski definition) is 4. The molecule has 0 aliphatic rings. The third kappa shape index (κ3) is 3.73. The third-order valence-electron chi connectivity index (χ3n) is 4.64. The van der Waals surface area contributed by atoms with Crippen LogP contribution in [0.15, 0.2) is 54.7 Å². The topological polar surface area (TPSA) is 63.5 Å². The van der Waals surface area contributed by atoms with E-state index >= 15 is 0 Å². The molecule has 4 rings (SSSR count). The first-order valence-corrected chi connectivity index (χ1v) is 9.86. The molecule has 1 amide bonds. The van der Waals surface area contributed by atoms with Gasteiger partial charge in [-0.2, -0.15) is 4.37 Å². The molecular weight excluding hydrogens is 401 g/mol. The predicted molar refractivity (Wildman–Crippen MR) is 114 cm³/mol. The maximum atomic E-state index is 14.6. The number of aromatic nitrogens is 2. The number of nitrogens with zero attached hydrogens (tertiary/aromatic N) is 2. The van der Waals surface area contributed by atoms with E-state index in [0.717, 1.165) is 28.4 Å². The number of amides is 1. The Labute approximate surface area is 176 Å². The Morgan fingerprint density at radius 2 is 2.00 bits per heavy atom. The van der Waals surface area contributed by atoms with Gasteiger partial charge in [0.25, 0.3) is 11.7 Å². The minimum Gasteiger partial charge on any atom is -0.317 e. The zero-order chi connectivity index (χ0) is 21.3. The highest BCUT2D eigenvalue weighted by Crippen LogP contribution is 2.24. The van der Waals surface area contributed by atoms with E-state index in [4.69, 9.17) is 6.42 Å². The van der Waals surface area contributed by atoms with Crippen molar-refractivity contribution in [2.24, 2.45) is 0 Å². The Balaban J connectivity index is 1.70. The van der Waals surface area contributed by atoms with Crippen LogP contribution >= 0.6 is 11.5 Å². The van der Waals surface area contributed by atoms with Crippen LogP contribution < -0.4 is 5.32 Å². The Morgan fingerprint density at radius 1 is 1.23 bits per heavy atom. The lowest BCUT2D eigenvalue weighted by atomic mass is 10.1. The summed E-state index contributed by atoms with van der Waals surface area (Å²) in [6.45, 7) is 1.78. The number of pyridine rings is 1. The van der Waals surface area contributed by atoms with Gasteiger partial charge in [0, 0.05) is 23.9 Å². The first-order chi connectivity index (χ1) is 14.5. The van der Waals surface area contributed by atoms with E-state index in [-0.39, 0.29) is 11.1 Å². The van der Waals surface area contributed by atoms with Crippen molar-refractivity contribution in [3.05, 3.63) is 88.6 Å². The average molecular weight is 417 g/mol. The lowest BCUT2D eigenvalue weighted by molar-refractivity contribution is -0.112. The van der Waals surface area contributed by atoms with Crippen molar-refractivity contribution in [3.8, 4) is 12.3 Å². The third-order valence-corrected chi connectivity index (χ3v) is 5.44. The van der Waals surface area contributed by atoms with Crippen molar-refractivity contribution in [3.63, 3.8) is 0 Å².